The van der Waals surface area contributed by atoms with E-state index in [9.17, 15) is 9.59 Å². The molecule has 2 N–H and O–H groups in total. The normalized spacial score (nSPS) is 15.4. The third-order valence-corrected chi connectivity index (χ3v) is 4.13. The highest BCUT2D eigenvalue weighted by Gasteiger charge is 2.20. The molecule has 2 heterocycles. The Morgan fingerprint density at radius 3 is 2.52 bits per heavy atom. The molecule has 1 aromatic rings. The van der Waals surface area contributed by atoms with E-state index >= 15 is 0 Å². The molecule has 3 amide bonds. The molecule has 1 aliphatic heterocycles. The molecule has 0 unspecified atom stereocenters. The topological polar surface area (TPSA) is 86.8 Å². The number of likely N-dealkylation sites (N-methyl/N-ethyl adjacent to an activating group) is 1. The number of carbonyl (C=O) groups is 2. The van der Waals surface area contributed by atoms with Gasteiger partial charge in [-0.1, -0.05) is 0 Å². The minimum Gasteiger partial charge on any atom is -0.378 e. The lowest BCUT2D eigenvalue weighted by Crippen LogP contribution is -2.48. The number of ether oxygens (including phenoxy) is 1. The number of rotatable bonds is 6. The van der Waals surface area contributed by atoms with Crippen LogP contribution >= 0.6 is 0 Å². The summed E-state index contributed by atoms with van der Waals surface area (Å²) < 4.78 is 5.32. The third-order valence-electron chi connectivity index (χ3n) is 4.13. The zero-order valence-electron chi connectivity index (χ0n) is 15.1. The van der Waals surface area contributed by atoms with Gasteiger partial charge in [0, 0.05) is 26.2 Å². The van der Waals surface area contributed by atoms with Crippen LogP contribution in [-0.2, 0) is 9.53 Å². The molecular weight excluding hydrogens is 322 g/mol. The lowest BCUT2D eigenvalue weighted by molar-refractivity contribution is -0.132. The molecule has 8 heteroatoms. The first-order valence-electron chi connectivity index (χ1n) is 8.70. The van der Waals surface area contributed by atoms with Gasteiger partial charge in [0.1, 0.15) is 11.9 Å². The lowest BCUT2D eigenvalue weighted by atomic mass is 10.3. The Hall–Kier alpha value is -2.35. The van der Waals surface area contributed by atoms with Crippen LogP contribution in [0, 0.1) is 0 Å². The maximum Gasteiger partial charge on any atom is 0.319 e. The van der Waals surface area contributed by atoms with Crippen LogP contribution in [-0.4, -0.2) is 67.3 Å². The number of aromatic nitrogens is 1. The van der Waals surface area contributed by atoms with Crippen molar-refractivity contribution in [1.29, 1.82) is 0 Å². The summed E-state index contributed by atoms with van der Waals surface area (Å²) in [7, 11) is 0. The Labute approximate surface area is 148 Å². The van der Waals surface area contributed by atoms with E-state index < -0.39 is 12.1 Å². The van der Waals surface area contributed by atoms with Crippen molar-refractivity contribution in [3.63, 3.8) is 0 Å². The summed E-state index contributed by atoms with van der Waals surface area (Å²) in [6.07, 6.45) is 1.61. The summed E-state index contributed by atoms with van der Waals surface area (Å²) in [6.45, 7) is 9.76. The molecule has 138 valence electrons. The zero-order chi connectivity index (χ0) is 18.2. The molecule has 2 rings (SSSR count). The average Bonchev–Trinajstić information content (AvgIpc) is 2.64. The Morgan fingerprint density at radius 1 is 1.28 bits per heavy atom. The van der Waals surface area contributed by atoms with Gasteiger partial charge in [-0.05, 0) is 32.9 Å². The van der Waals surface area contributed by atoms with E-state index in [2.05, 4.69) is 20.5 Å². The average molecular weight is 349 g/mol. The fourth-order valence-corrected chi connectivity index (χ4v) is 2.67. The van der Waals surface area contributed by atoms with E-state index in [1.807, 2.05) is 19.9 Å². The molecule has 0 bridgehead atoms. The minimum atomic E-state index is -0.583. The highest BCUT2D eigenvalue weighted by Crippen LogP contribution is 2.15. The maximum atomic E-state index is 12.2. The molecule has 0 saturated carbocycles. The highest BCUT2D eigenvalue weighted by molar-refractivity contribution is 5.93. The first kappa shape index (κ1) is 19.0. The number of amides is 3. The standard InChI is InChI=1S/C17H27N5O3/c1-4-21(5-2)16(23)13(3)19-17(24)20-14-6-7-15(18-12-14)22-8-10-25-11-9-22/h6-7,12-13H,4-5,8-11H2,1-3H3,(H2,19,20,24)/t13-/m0/s1. The van der Waals surface area contributed by atoms with Gasteiger partial charge in [-0.2, -0.15) is 0 Å². The first-order chi connectivity index (χ1) is 12.0. The predicted octanol–water partition coefficient (Wildman–Crippen LogP) is 1.30. The fraction of sp³-hybridized carbons (Fsp3) is 0.588. The number of urea groups is 1. The second kappa shape index (κ2) is 9.22. The molecule has 1 atom stereocenters. The van der Waals surface area contributed by atoms with Crippen LogP contribution in [0.2, 0.25) is 0 Å². The van der Waals surface area contributed by atoms with Crippen LogP contribution in [0.25, 0.3) is 0 Å². The second-order valence-corrected chi connectivity index (χ2v) is 5.84. The molecular formula is C17H27N5O3. The molecule has 1 aliphatic rings. The SMILES string of the molecule is CCN(CC)C(=O)[C@H](C)NC(=O)Nc1ccc(N2CCOCC2)nc1. The Balaban J connectivity index is 1.86. The van der Waals surface area contributed by atoms with Crippen molar-refractivity contribution in [2.24, 2.45) is 0 Å². The van der Waals surface area contributed by atoms with Gasteiger partial charge >= 0.3 is 6.03 Å². The molecule has 0 radical (unpaired) electrons. The minimum absolute atomic E-state index is 0.0964. The van der Waals surface area contributed by atoms with E-state index in [-0.39, 0.29) is 5.91 Å². The van der Waals surface area contributed by atoms with Crippen LogP contribution in [0.5, 0.6) is 0 Å². The third kappa shape index (κ3) is 5.32. The lowest BCUT2D eigenvalue weighted by Gasteiger charge is -2.27. The summed E-state index contributed by atoms with van der Waals surface area (Å²) >= 11 is 0. The van der Waals surface area contributed by atoms with E-state index in [4.69, 9.17) is 4.74 Å². The predicted molar refractivity (Wildman–Crippen MR) is 96.8 cm³/mol. The van der Waals surface area contributed by atoms with E-state index in [0.29, 0.717) is 32.0 Å². The fourth-order valence-electron chi connectivity index (χ4n) is 2.67. The van der Waals surface area contributed by atoms with E-state index in [1.54, 1.807) is 24.1 Å². The first-order valence-corrected chi connectivity index (χ1v) is 8.70. The van der Waals surface area contributed by atoms with E-state index in [1.165, 1.54) is 0 Å². The van der Waals surface area contributed by atoms with Crippen molar-refractivity contribution in [2.75, 3.05) is 49.6 Å². The van der Waals surface area contributed by atoms with Crippen molar-refractivity contribution in [2.45, 2.75) is 26.8 Å². The zero-order valence-corrected chi connectivity index (χ0v) is 15.1. The maximum absolute atomic E-state index is 12.2. The number of hydrogen-bond acceptors (Lipinski definition) is 5. The number of anilines is 2. The van der Waals surface area contributed by atoms with Crippen molar-refractivity contribution in [3.05, 3.63) is 18.3 Å². The second-order valence-electron chi connectivity index (χ2n) is 5.84. The molecule has 25 heavy (non-hydrogen) atoms. The van der Waals surface area contributed by atoms with Crippen LogP contribution in [0.4, 0.5) is 16.3 Å². The quantitative estimate of drug-likeness (QED) is 0.808. The largest absolute Gasteiger partial charge is 0.378 e. The van der Waals surface area contributed by atoms with Crippen molar-refractivity contribution in [3.8, 4) is 0 Å². The van der Waals surface area contributed by atoms with Gasteiger partial charge in [-0.25, -0.2) is 9.78 Å². The number of hydrogen-bond donors (Lipinski definition) is 2. The molecule has 1 fully saturated rings. The van der Waals surface area contributed by atoms with Gasteiger partial charge in [0.15, 0.2) is 0 Å². The van der Waals surface area contributed by atoms with Crippen LogP contribution in [0.1, 0.15) is 20.8 Å². The Kier molecular flexibility index (Phi) is 7.00. The summed E-state index contributed by atoms with van der Waals surface area (Å²) in [5.41, 5.74) is 0.581. The number of carbonyl (C=O) groups excluding carboxylic acids is 2. The highest BCUT2D eigenvalue weighted by atomic mass is 16.5. The smallest absolute Gasteiger partial charge is 0.319 e. The van der Waals surface area contributed by atoms with Crippen molar-refractivity contribution in [1.82, 2.24) is 15.2 Å². The molecule has 0 spiro atoms. The van der Waals surface area contributed by atoms with Crippen molar-refractivity contribution < 1.29 is 14.3 Å². The van der Waals surface area contributed by atoms with Crippen LogP contribution in [0.3, 0.4) is 0 Å². The van der Waals surface area contributed by atoms with Gasteiger partial charge in [0.25, 0.3) is 0 Å². The number of morpholine rings is 1. The number of pyridine rings is 1. The summed E-state index contributed by atoms with van der Waals surface area (Å²) in [5, 5.41) is 5.37. The summed E-state index contributed by atoms with van der Waals surface area (Å²) in [4.78, 5) is 32.4. The van der Waals surface area contributed by atoms with Gasteiger partial charge in [-0.3, -0.25) is 4.79 Å². The molecule has 0 aromatic carbocycles. The van der Waals surface area contributed by atoms with E-state index in [0.717, 1.165) is 18.9 Å². The van der Waals surface area contributed by atoms with Crippen LogP contribution in [0.15, 0.2) is 18.3 Å². The molecule has 0 aliphatic carbocycles. The summed E-state index contributed by atoms with van der Waals surface area (Å²) in [5.74, 6) is 0.764. The molecule has 1 aromatic heterocycles. The Morgan fingerprint density at radius 2 is 1.96 bits per heavy atom. The van der Waals surface area contributed by atoms with Crippen LogP contribution < -0.4 is 15.5 Å². The molecule has 8 nitrogen and oxygen atoms in total. The monoisotopic (exact) mass is 349 g/mol. The number of nitrogens with zero attached hydrogens (tertiary/aromatic N) is 3. The van der Waals surface area contributed by atoms with Gasteiger partial charge in [0.05, 0.1) is 25.1 Å². The summed E-state index contributed by atoms with van der Waals surface area (Å²) in [6, 6.07) is 2.66. The number of nitrogens with one attached hydrogen (secondary N) is 2. The van der Waals surface area contributed by atoms with Gasteiger partial charge in [0.2, 0.25) is 5.91 Å². The Bertz CT molecular complexity index is 568. The van der Waals surface area contributed by atoms with Crippen molar-refractivity contribution >= 4 is 23.4 Å². The van der Waals surface area contributed by atoms with Gasteiger partial charge < -0.3 is 25.2 Å². The molecule has 1 saturated heterocycles. The van der Waals surface area contributed by atoms with Gasteiger partial charge in [-0.15, -0.1) is 0 Å².